The van der Waals surface area contributed by atoms with Crippen molar-refractivity contribution in [3.63, 3.8) is 0 Å². The molecule has 0 bridgehead atoms. The average Bonchev–Trinajstić information content (AvgIpc) is 3.04. The second-order valence-electron chi connectivity index (χ2n) is 4.76. The lowest BCUT2D eigenvalue weighted by atomic mass is 10.1. The Morgan fingerprint density at radius 1 is 1.43 bits per heavy atom. The van der Waals surface area contributed by atoms with E-state index in [1.54, 1.807) is 0 Å². The van der Waals surface area contributed by atoms with Gasteiger partial charge in [-0.25, -0.2) is 9.47 Å². The zero-order valence-electron chi connectivity index (χ0n) is 11.4. The van der Waals surface area contributed by atoms with E-state index in [9.17, 15) is 4.79 Å². The largest absolute Gasteiger partial charge is 0.443 e. The van der Waals surface area contributed by atoms with Crippen molar-refractivity contribution in [2.45, 2.75) is 18.2 Å². The highest BCUT2D eigenvalue weighted by atomic mass is 32.2. The van der Waals surface area contributed by atoms with Gasteiger partial charge < -0.3 is 15.9 Å². The summed E-state index contributed by atoms with van der Waals surface area (Å²) in [6, 6.07) is 7.92. The molecule has 1 aromatic carbocycles. The van der Waals surface area contributed by atoms with Gasteiger partial charge in [0.05, 0.1) is 6.54 Å². The number of hydrogen-bond acceptors (Lipinski definition) is 6. The summed E-state index contributed by atoms with van der Waals surface area (Å²) >= 11 is 1.41. The van der Waals surface area contributed by atoms with Gasteiger partial charge in [0.25, 0.3) is 0 Å². The van der Waals surface area contributed by atoms with Gasteiger partial charge in [0, 0.05) is 11.3 Å². The molecular weight excluding hydrogens is 290 g/mol. The fraction of sp³-hybridized carbons (Fsp3) is 0.308. The monoisotopic (exact) mass is 305 g/mol. The second-order valence-corrected chi connectivity index (χ2v) is 5.75. The molecule has 1 aromatic heterocycles. The molecule has 1 amide bonds. The molecule has 1 fully saturated rings. The van der Waals surface area contributed by atoms with Gasteiger partial charge in [-0.15, -0.1) is 10.2 Å². The first-order valence-corrected chi connectivity index (χ1v) is 7.47. The van der Waals surface area contributed by atoms with Crippen LogP contribution in [-0.4, -0.2) is 39.4 Å². The number of thioether (sulfide) groups is 1. The summed E-state index contributed by atoms with van der Waals surface area (Å²) in [5, 5.41) is 11.4. The number of aromatic nitrogens is 3. The molecule has 8 heteroatoms. The molecule has 1 saturated heterocycles. The number of carbonyl (C=O) groups excluding carboxylic acids is 1. The topological polar surface area (TPSA) is 95.1 Å². The third-order valence-electron chi connectivity index (χ3n) is 3.12. The minimum Gasteiger partial charge on any atom is -0.443 e. The van der Waals surface area contributed by atoms with Crippen LogP contribution in [0.4, 0.5) is 4.79 Å². The van der Waals surface area contributed by atoms with Crippen molar-refractivity contribution in [1.29, 1.82) is 0 Å². The number of nitrogen functional groups attached to an aromatic ring is 1. The standard InChI is InChI=1S/C13H15N5O2S/c1-8-2-4-9(5-3-8)11-16-17-12(18(11)14)21-7-10-6-15-13(19)20-10/h2-5,10H,6-7,14H2,1H3,(H,15,19)/t10-/m1/s1. The van der Waals surface area contributed by atoms with Gasteiger partial charge >= 0.3 is 6.09 Å². The number of carbonyl (C=O) groups is 1. The molecule has 0 radical (unpaired) electrons. The maximum absolute atomic E-state index is 10.9. The van der Waals surface area contributed by atoms with E-state index in [0.717, 1.165) is 5.56 Å². The Bertz CT molecular complexity index is 655. The minimum absolute atomic E-state index is 0.165. The zero-order chi connectivity index (χ0) is 14.8. The molecule has 0 spiro atoms. The van der Waals surface area contributed by atoms with Crippen LogP contribution in [0.15, 0.2) is 29.4 Å². The van der Waals surface area contributed by atoms with Crippen LogP contribution >= 0.6 is 11.8 Å². The highest BCUT2D eigenvalue weighted by Gasteiger charge is 2.23. The van der Waals surface area contributed by atoms with Crippen LogP contribution in [0, 0.1) is 6.92 Å². The number of amides is 1. The first-order chi connectivity index (χ1) is 10.1. The predicted octanol–water partition coefficient (Wildman–Crippen LogP) is 1.17. The summed E-state index contributed by atoms with van der Waals surface area (Å²) in [5.41, 5.74) is 2.09. The quantitative estimate of drug-likeness (QED) is 0.650. The first-order valence-electron chi connectivity index (χ1n) is 6.48. The number of rotatable bonds is 4. The number of cyclic esters (lactones) is 1. The zero-order valence-corrected chi connectivity index (χ0v) is 12.3. The molecule has 0 unspecified atom stereocenters. The Kier molecular flexibility index (Phi) is 3.70. The molecule has 3 N–H and O–H groups in total. The van der Waals surface area contributed by atoms with Crippen molar-refractivity contribution < 1.29 is 9.53 Å². The van der Waals surface area contributed by atoms with E-state index in [0.29, 0.717) is 23.3 Å². The highest BCUT2D eigenvalue weighted by molar-refractivity contribution is 7.99. The van der Waals surface area contributed by atoms with Crippen LogP contribution in [0.3, 0.4) is 0 Å². The molecule has 21 heavy (non-hydrogen) atoms. The SMILES string of the molecule is Cc1ccc(-c2nnc(SC[C@H]3CNC(=O)O3)n2N)cc1. The summed E-state index contributed by atoms with van der Waals surface area (Å²) < 4.78 is 6.52. The molecule has 0 saturated carbocycles. The Labute approximate surface area is 125 Å². The van der Waals surface area contributed by atoms with Crippen molar-refractivity contribution in [1.82, 2.24) is 20.2 Å². The van der Waals surface area contributed by atoms with Gasteiger partial charge in [0.2, 0.25) is 5.16 Å². The molecule has 0 aliphatic carbocycles. The number of alkyl carbamates (subject to hydrolysis) is 1. The number of hydrogen-bond donors (Lipinski definition) is 2. The van der Waals surface area contributed by atoms with Gasteiger partial charge in [-0.2, -0.15) is 0 Å². The molecule has 2 heterocycles. The molecule has 3 rings (SSSR count). The van der Waals surface area contributed by atoms with Gasteiger partial charge in [-0.1, -0.05) is 41.6 Å². The summed E-state index contributed by atoms with van der Waals surface area (Å²) in [4.78, 5) is 10.9. The molecule has 7 nitrogen and oxygen atoms in total. The average molecular weight is 305 g/mol. The summed E-state index contributed by atoms with van der Waals surface area (Å²) in [6.45, 7) is 2.53. The van der Waals surface area contributed by atoms with E-state index in [1.807, 2.05) is 31.2 Å². The normalized spacial score (nSPS) is 17.6. The molecule has 2 aromatic rings. The number of ether oxygens (including phenoxy) is 1. The highest BCUT2D eigenvalue weighted by Crippen LogP contribution is 2.23. The lowest BCUT2D eigenvalue weighted by Gasteiger charge is -2.07. The lowest BCUT2D eigenvalue weighted by molar-refractivity contribution is 0.150. The van der Waals surface area contributed by atoms with Gasteiger partial charge in [0.15, 0.2) is 5.82 Å². The van der Waals surface area contributed by atoms with Crippen LogP contribution in [-0.2, 0) is 4.74 Å². The molecule has 1 aliphatic rings. The number of nitrogens with zero attached hydrogens (tertiary/aromatic N) is 3. The van der Waals surface area contributed by atoms with E-state index in [2.05, 4.69) is 15.5 Å². The Balaban J connectivity index is 1.70. The first kappa shape index (κ1) is 13.7. The number of aryl methyl sites for hydroxylation is 1. The maximum Gasteiger partial charge on any atom is 0.407 e. The number of nitrogens with two attached hydrogens (primary N) is 1. The molecule has 1 aliphatic heterocycles. The Hall–Kier alpha value is -2.22. The summed E-state index contributed by atoms with van der Waals surface area (Å²) in [5.74, 6) is 7.23. The van der Waals surface area contributed by atoms with Gasteiger partial charge in [0.1, 0.15) is 6.10 Å². The summed E-state index contributed by atoms with van der Waals surface area (Å²) in [7, 11) is 0. The minimum atomic E-state index is -0.379. The Morgan fingerprint density at radius 2 is 2.19 bits per heavy atom. The van der Waals surface area contributed by atoms with Crippen LogP contribution in [0.5, 0.6) is 0 Å². The molecule has 1 atom stereocenters. The third kappa shape index (κ3) is 2.94. The van der Waals surface area contributed by atoms with Gasteiger partial charge in [-0.05, 0) is 6.92 Å². The van der Waals surface area contributed by atoms with Crippen LogP contribution in [0.1, 0.15) is 5.56 Å². The lowest BCUT2D eigenvalue weighted by Crippen LogP contribution is -2.18. The third-order valence-corrected chi connectivity index (χ3v) is 4.20. The van der Waals surface area contributed by atoms with Crippen molar-refractivity contribution in [2.24, 2.45) is 0 Å². The van der Waals surface area contributed by atoms with E-state index in [-0.39, 0.29) is 12.2 Å². The fourth-order valence-corrected chi connectivity index (χ4v) is 2.81. The second kappa shape index (κ2) is 5.65. The van der Waals surface area contributed by atoms with Crippen molar-refractivity contribution in [3.8, 4) is 11.4 Å². The van der Waals surface area contributed by atoms with Crippen molar-refractivity contribution in [3.05, 3.63) is 29.8 Å². The number of benzene rings is 1. The maximum atomic E-state index is 10.9. The van der Waals surface area contributed by atoms with Crippen LogP contribution in [0.2, 0.25) is 0 Å². The van der Waals surface area contributed by atoms with E-state index >= 15 is 0 Å². The smallest absolute Gasteiger partial charge is 0.407 e. The van der Waals surface area contributed by atoms with Gasteiger partial charge in [-0.3, -0.25) is 0 Å². The van der Waals surface area contributed by atoms with E-state index in [1.165, 1.54) is 22.0 Å². The molecular formula is C13H15N5O2S. The van der Waals surface area contributed by atoms with Crippen molar-refractivity contribution >= 4 is 17.9 Å². The van der Waals surface area contributed by atoms with Crippen molar-refractivity contribution in [2.75, 3.05) is 18.1 Å². The predicted molar refractivity (Wildman–Crippen MR) is 79.3 cm³/mol. The summed E-state index contributed by atoms with van der Waals surface area (Å²) in [6.07, 6.45) is -0.544. The van der Waals surface area contributed by atoms with Crippen LogP contribution < -0.4 is 11.2 Å². The number of nitrogens with one attached hydrogen (secondary N) is 1. The van der Waals surface area contributed by atoms with E-state index < -0.39 is 0 Å². The van der Waals surface area contributed by atoms with Crippen LogP contribution in [0.25, 0.3) is 11.4 Å². The molecule has 110 valence electrons. The Morgan fingerprint density at radius 3 is 2.86 bits per heavy atom. The van der Waals surface area contributed by atoms with E-state index in [4.69, 9.17) is 10.6 Å². The fourth-order valence-electron chi connectivity index (χ4n) is 1.97.